The Kier molecular flexibility index (Phi) is 3.28. The van der Waals surface area contributed by atoms with Crippen LogP contribution in [0.5, 0.6) is 5.88 Å². The SMILES string of the molecule is Cc1c[nH]c(OC(F)(F)F)c(CCl)c1=O. The average molecular weight is 242 g/mol. The maximum atomic E-state index is 11.9. The van der Waals surface area contributed by atoms with E-state index in [9.17, 15) is 18.0 Å². The zero-order valence-electron chi connectivity index (χ0n) is 7.61. The molecule has 15 heavy (non-hydrogen) atoms. The molecule has 0 saturated heterocycles. The molecule has 0 saturated carbocycles. The lowest BCUT2D eigenvalue weighted by Crippen LogP contribution is -2.22. The fourth-order valence-corrected chi connectivity index (χ4v) is 1.24. The Balaban J connectivity index is 3.20. The lowest BCUT2D eigenvalue weighted by Gasteiger charge is -2.11. The predicted octanol–water partition coefficient (Wildman–Crippen LogP) is 2.32. The van der Waals surface area contributed by atoms with Crippen molar-refractivity contribution in [2.75, 3.05) is 0 Å². The Hall–Kier alpha value is -1.17. The van der Waals surface area contributed by atoms with Crippen LogP contribution in [0.2, 0.25) is 0 Å². The molecule has 0 aliphatic carbocycles. The third-order valence-electron chi connectivity index (χ3n) is 1.68. The first-order valence-corrected chi connectivity index (χ1v) is 4.41. The summed E-state index contributed by atoms with van der Waals surface area (Å²) in [6, 6.07) is 0. The third kappa shape index (κ3) is 2.89. The quantitative estimate of drug-likeness (QED) is 0.808. The first-order valence-electron chi connectivity index (χ1n) is 3.88. The molecule has 0 radical (unpaired) electrons. The normalized spacial score (nSPS) is 11.5. The molecule has 0 fully saturated rings. The molecule has 0 unspecified atom stereocenters. The van der Waals surface area contributed by atoms with Crippen LogP contribution >= 0.6 is 11.6 Å². The van der Waals surface area contributed by atoms with Crippen LogP contribution < -0.4 is 10.2 Å². The molecule has 7 heteroatoms. The van der Waals surface area contributed by atoms with Gasteiger partial charge in [0.2, 0.25) is 5.88 Å². The topological polar surface area (TPSA) is 42.1 Å². The van der Waals surface area contributed by atoms with Gasteiger partial charge in [0.05, 0.1) is 11.4 Å². The Labute approximate surface area is 87.8 Å². The number of aryl methyl sites for hydroxylation is 1. The van der Waals surface area contributed by atoms with Crippen molar-refractivity contribution in [3.63, 3.8) is 0 Å². The summed E-state index contributed by atoms with van der Waals surface area (Å²) < 4.78 is 39.3. The van der Waals surface area contributed by atoms with Gasteiger partial charge in [-0.2, -0.15) is 0 Å². The maximum Gasteiger partial charge on any atom is 0.574 e. The van der Waals surface area contributed by atoms with Crippen LogP contribution in [0.3, 0.4) is 0 Å². The van der Waals surface area contributed by atoms with Crippen molar-refractivity contribution in [3.05, 3.63) is 27.5 Å². The number of alkyl halides is 4. The summed E-state index contributed by atoms with van der Waals surface area (Å²) in [5.74, 6) is -1.00. The van der Waals surface area contributed by atoms with E-state index < -0.39 is 17.7 Å². The molecule has 1 rings (SSSR count). The predicted molar refractivity (Wildman–Crippen MR) is 48.0 cm³/mol. The molecule has 1 heterocycles. The number of H-pyrrole nitrogens is 1. The monoisotopic (exact) mass is 241 g/mol. The molecule has 1 aromatic rings. The molecule has 1 N–H and O–H groups in total. The summed E-state index contributed by atoms with van der Waals surface area (Å²) in [6.45, 7) is 1.46. The van der Waals surface area contributed by atoms with Gasteiger partial charge in [-0.1, -0.05) is 0 Å². The molecule has 84 valence electrons. The molecule has 3 nitrogen and oxygen atoms in total. The molecular formula is C8H7ClF3NO2. The van der Waals surface area contributed by atoms with Crippen molar-refractivity contribution in [2.45, 2.75) is 19.2 Å². The number of aromatic nitrogens is 1. The van der Waals surface area contributed by atoms with E-state index in [4.69, 9.17) is 11.6 Å². The van der Waals surface area contributed by atoms with Gasteiger partial charge in [0.25, 0.3) is 0 Å². The highest BCUT2D eigenvalue weighted by Gasteiger charge is 2.33. The van der Waals surface area contributed by atoms with Gasteiger partial charge in [0.15, 0.2) is 5.43 Å². The number of nitrogens with one attached hydrogen (secondary N) is 1. The summed E-state index contributed by atoms with van der Waals surface area (Å²) in [4.78, 5) is 13.6. The molecule has 0 bridgehead atoms. The van der Waals surface area contributed by atoms with Crippen LogP contribution in [0.1, 0.15) is 11.1 Å². The van der Waals surface area contributed by atoms with Crippen LogP contribution in [0, 0.1) is 6.92 Å². The van der Waals surface area contributed by atoms with Crippen LogP contribution in [0.4, 0.5) is 13.2 Å². The molecule has 0 aliphatic heterocycles. The highest BCUT2D eigenvalue weighted by Crippen LogP contribution is 2.23. The van der Waals surface area contributed by atoms with Crippen molar-refractivity contribution in [1.29, 1.82) is 0 Å². The standard InChI is InChI=1S/C8H7ClF3NO2/c1-4-3-13-7(15-8(10,11)12)5(2-9)6(4)14/h3H,2H2,1H3,(H,13,14). The van der Waals surface area contributed by atoms with E-state index in [2.05, 4.69) is 9.72 Å². The lowest BCUT2D eigenvalue weighted by atomic mass is 10.2. The number of hydrogen-bond acceptors (Lipinski definition) is 2. The molecule has 0 spiro atoms. The number of pyridine rings is 1. The van der Waals surface area contributed by atoms with Crippen LogP contribution in [0.15, 0.2) is 11.0 Å². The molecule has 0 aromatic carbocycles. The molecule has 0 amide bonds. The van der Waals surface area contributed by atoms with Crippen molar-refractivity contribution >= 4 is 11.6 Å². The van der Waals surface area contributed by atoms with E-state index in [-0.39, 0.29) is 17.0 Å². The molecular weight excluding hydrogens is 235 g/mol. The lowest BCUT2D eigenvalue weighted by molar-refractivity contribution is -0.276. The van der Waals surface area contributed by atoms with Crippen molar-refractivity contribution < 1.29 is 17.9 Å². The van der Waals surface area contributed by atoms with Crippen molar-refractivity contribution in [1.82, 2.24) is 4.98 Å². The second-order valence-electron chi connectivity index (χ2n) is 2.79. The van der Waals surface area contributed by atoms with Gasteiger partial charge in [-0.05, 0) is 6.92 Å². The van der Waals surface area contributed by atoms with E-state index in [1.807, 2.05) is 0 Å². The number of ether oxygens (including phenoxy) is 1. The minimum Gasteiger partial charge on any atom is -0.389 e. The molecule has 0 aliphatic rings. The first kappa shape index (κ1) is 11.9. The highest BCUT2D eigenvalue weighted by molar-refractivity contribution is 6.17. The summed E-state index contributed by atoms with van der Waals surface area (Å²) in [6.07, 6.45) is -3.71. The van der Waals surface area contributed by atoms with Gasteiger partial charge in [-0.25, -0.2) is 0 Å². The minimum atomic E-state index is -4.85. The van der Waals surface area contributed by atoms with Gasteiger partial charge >= 0.3 is 6.36 Å². The van der Waals surface area contributed by atoms with Crippen molar-refractivity contribution in [2.24, 2.45) is 0 Å². The second kappa shape index (κ2) is 4.14. The average Bonchev–Trinajstić information content (AvgIpc) is 2.10. The van der Waals surface area contributed by atoms with E-state index in [1.165, 1.54) is 6.92 Å². The van der Waals surface area contributed by atoms with Crippen LogP contribution in [-0.4, -0.2) is 11.3 Å². The van der Waals surface area contributed by atoms with E-state index in [0.29, 0.717) is 0 Å². The number of rotatable bonds is 2. The zero-order chi connectivity index (χ0) is 11.6. The first-order chi connectivity index (χ1) is 6.85. The summed E-state index contributed by atoms with van der Waals surface area (Å²) >= 11 is 5.37. The van der Waals surface area contributed by atoms with Gasteiger partial charge in [0.1, 0.15) is 0 Å². The molecule has 1 aromatic heterocycles. The Bertz CT molecular complexity index is 413. The van der Waals surface area contributed by atoms with E-state index in [0.717, 1.165) is 6.20 Å². The Morgan fingerprint density at radius 1 is 1.53 bits per heavy atom. The number of hydrogen-bond donors (Lipinski definition) is 1. The minimum absolute atomic E-state index is 0.228. The second-order valence-corrected chi connectivity index (χ2v) is 3.06. The smallest absolute Gasteiger partial charge is 0.389 e. The van der Waals surface area contributed by atoms with Gasteiger partial charge in [-0.3, -0.25) is 4.79 Å². The Morgan fingerprint density at radius 3 is 2.60 bits per heavy atom. The summed E-state index contributed by atoms with van der Waals surface area (Å²) in [5.41, 5.74) is -0.503. The Morgan fingerprint density at radius 2 is 2.13 bits per heavy atom. The van der Waals surface area contributed by atoms with Crippen LogP contribution in [0.25, 0.3) is 0 Å². The number of halogens is 4. The fourth-order valence-electron chi connectivity index (χ4n) is 0.996. The van der Waals surface area contributed by atoms with Crippen LogP contribution in [-0.2, 0) is 5.88 Å². The largest absolute Gasteiger partial charge is 0.574 e. The maximum absolute atomic E-state index is 11.9. The van der Waals surface area contributed by atoms with Crippen molar-refractivity contribution in [3.8, 4) is 5.88 Å². The van der Waals surface area contributed by atoms with E-state index >= 15 is 0 Å². The van der Waals surface area contributed by atoms with Gasteiger partial charge < -0.3 is 9.72 Å². The number of aromatic amines is 1. The summed E-state index contributed by atoms with van der Waals surface area (Å²) in [7, 11) is 0. The van der Waals surface area contributed by atoms with Gasteiger partial charge in [-0.15, -0.1) is 24.8 Å². The molecule has 0 atom stereocenters. The van der Waals surface area contributed by atoms with Gasteiger partial charge in [0, 0.05) is 11.8 Å². The fraction of sp³-hybridized carbons (Fsp3) is 0.375. The third-order valence-corrected chi connectivity index (χ3v) is 1.94. The highest BCUT2D eigenvalue weighted by atomic mass is 35.5. The zero-order valence-corrected chi connectivity index (χ0v) is 8.37. The van der Waals surface area contributed by atoms with E-state index in [1.54, 1.807) is 0 Å². The summed E-state index contributed by atoms with van der Waals surface area (Å²) in [5, 5.41) is 0.